The predicted molar refractivity (Wildman–Crippen MR) is 152 cm³/mol. The molecule has 0 aliphatic carbocycles. The fourth-order valence-electron chi connectivity index (χ4n) is 5.34. The highest BCUT2D eigenvalue weighted by Crippen LogP contribution is 2.30. The molecule has 1 aliphatic rings. The van der Waals surface area contributed by atoms with Crippen LogP contribution in [0.4, 0.5) is 11.4 Å². The second kappa shape index (κ2) is 10.2. The zero-order valence-electron chi connectivity index (χ0n) is 21.6. The largest absolute Gasteiger partial charge is 0.372 e. The zero-order chi connectivity index (χ0) is 25.2. The third kappa shape index (κ3) is 4.74. The van der Waals surface area contributed by atoms with Gasteiger partial charge in [-0.3, -0.25) is 14.9 Å². The van der Waals surface area contributed by atoms with Crippen molar-refractivity contribution in [2.24, 2.45) is 0 Å². The number of nitrogens with one attached hydrogen (secondary N) is 1. The Labute approximate surface area is 217 Å². The molecule has 7 heteroatoms. The summed E-state index contributed by atoms with van der Waals surface area (Å²) in [5, 5.41) is 0. The van der Waals surface area contributed by atoms with Gasteiger partial charge >= 0.3 is 0 Å². The number of aromatic nitrogens is 4. The van der Waals surface area contributed by atoms with Crippen LogP contribution in [0.5, 0.6) is 0 Å². The van der Waals surface area contributed by atoms with Crippen LogP contribution in [-0.4, -0.2) is 64.1 Å². The molecule has 37 heavy (non-hydrogen) atoms. The average molecular weight is 492 g/mol. The number of fused-ring (bicyclic) bond motifs is 2. The van der Waals surface area contributed by atoms with Gasteiger partial charge in [-0.15, -0.1) is 0 Å². The summed E-state index contributed by atoms with van der Waals surface area (Å²) in [7, 11) is 0. The maximum absolute atomic E-state index is 5.05. The van der Waals surface area contributed by atoms with E-state index in [2.05, 4.69) is 104 Å². The van der Waals surface area contributed by atoms with Crippen molar-refractivity contribution in [3.63, 3.8) is 0 Å². The highest BCUT2D eigenvalue weighted by atomic mass is 15.3. The van der Waals surface area contributed by atoms with Crippen LogP contribution in [0.25, 0.3) is 33.5 Å². The molecule has 0 bridgehead atoms. The SMILES string of the molecule is CCN(CC)c1ccc(-c2nc3c(N4CCN(Cc5ccc6nccnc6c5)CC4)cccc3[nH]2)cc1. The van der Waals surface area contributed by atoms with Crippen molar-refractivity contribution in [3.05, 3.63) is 78.6 Å². The molecule has 0 spiro atoms. The molecule has 0 atom stereocenters. The first-order valence-corrected chi connectivity index (χ1v) is 13.2. The lowest BCUT2D eigenvalue weighted by Crippen LogP contribution is -2.46. The Hall–Kier alpha value is -3.97. The summed E-state index contributed by atoms with van der Waals surface area (Å²) in [5.74, 6) is 0.923. The average Bonchev–Trinajstić information content (AvgIpc) is 3.39. The van der Waals surface area contributed by atoms with Crippen molar-refractivity contribution in [1.29, 1.82) is 0 Å². The monoisotopic (exact) mass is 491 g/mol. The third-order valence-electron chi connectivity index (χ3n) is 7.41. The molecule has 1 N–H and O–H groups in total. The summed E-state index contributed by atoms with van der Waals surface area (Å²) in [6.45, 7) is 11.3. The van der Waals surface area contributed by atoms with Crippen molar-refractivity contribution in [3.8, 4) is 11.4 Å². The maximum Gasteiger partial charge on any atom is 0.138 e. The topological polar surface area (TPSA) is 64.2 Å². The van der Waals surface area contributed by atoms with E-state index in [0.29, 0.717) is 0 Å². The Morgan fingerprint density at radius 2 is 1.59 bits per heavy atom. The van der Waals surface area contributed by atoms with Crippen molar-refractivity contribution in [1.82, 2.24) is 24.8 Å². The summed E-state index contributed by atoms with van der Waals surface area (Å²) < 4.78 is 0. The lowest BCUT2D eigenvalue weighted by molar-refractivity contribution is 0.250. The Kier molecular flexibility index (Phi) is 6.45. The van der Waals surface area contributed by atoms with E-state index in [9.17, 15) is 0 Å². The molecule has 0 radical (unpaired) electrons. The van der Waals surface area contributed by atoms with Crippen molar-refractivity contribution in [2.45, 2.75) is 20.4 Å². The number of rotatable bonds is 7. The summed E-state index contributed by atoms with van der Waals surface area (Å²) in [5.41, 5.74) is 8.90. The number of benzene rings is 3. The van der Waals surface area contributed by atoms with Crippen molar-refractivity contribution < 1.29 is 0 Å². The molecule has 3 heterocycles. The van der Waals surface area contributed by atoms with Gasteiger partial charge in [-0.1, -0.05) is 12.1 Å². The first-order chi connectivity index (χ1) is 18.2. The van der Waals surface area contributed by atoms with Crippen molar-refractivity contribution in [2.75, 3.05) is 49.1 Å². The molecular formula is C30H33N7. The summed E-state index contributed by atoms with van der Waals surface area (Å²) >= 11 is 0. The number of H-pyrrole nitrogens is 1. The van der Waals surface area contributed by atoms with Crippen LogP contribution in [-0.2, 0) is 6.54 Å². The summed E-state index contributed by atoms with van der Waals surface area (Å²) in [6.07, 6.45) is 3.50. The molecule has 188 valence electrons. The molecule has 0 unspecified atom stereocenters. The van der Waals surface area contributed by atoms with Gasteiger partial charge in [0.05, 0.1) is 22.2 Å². The molecule has 5 aromatic rings. The number of hydrogen-bond acceptors (Lipinski definition) is 6. The third-order valence-corrected chi connectivity index (χ3v) is 7.41. The van der Waals surface area contributed by atoms with Gasteiger partial charge in [0.1, 0.15) is 11.3 Å². The maximum atomic E-state index is 5.05. The van der Waals surface area contributed by atoms with Gasteiger partial charge in [-0.25, -0.2) is 4.98 Å². The van der Waals surface area contributed by atoms with Crippen LogP contribution in [0.15, 0.2) is 73.1 Å². The standard InChI is InChI=1S/C30H33N7/c1-3-36(4-2)24-11-9-23(10-12-24)30-33-26-6-5-7-28(29(26)34-30)37-18-16-35(17-19-37)21-22-8-13-25-27(20-22)32-15-14-31-25/h5-15,20H,3-4,16-19,21H2,1-2H3,(H,33,34). The second-order valence-corrected chi connectivity index (χ2v) is 9.62. The second-order valence-electron chi connectivity index (χ2n) is 9.62. The molecule has 0 amide bonds. The molecule has 7 nitrogen and oxygen atoms in total. The molecule has 1 saturated heterocycles. The predicted octanol–water partition coefficient (Wildman–Crippen LogP) is 5.34. The fraction of sp³-hybridized carbons (Fsp3) is 0.300. The van der Waals surface area contributed by atoms with Gasteiger partial charge in [-0.2, -0.15) is 0 Å². The zero-order valence-corrected chi connectivity index (χ0v) is 21.6. The van der Waals surface area contributed by atoms with E-state index in [0.717, 1.165) is 79.3 Å². The van der Waals surface area contributed by atoms with Gasteiger partial charge in [0.25, 0.3) is 0 Å². The Balaban J connectivity index is 1.16. The minimum absolute atomic E-state index is 0.923. The van der Waals surface area contributed by atoms with E-state index in [1.165, 1.54) is 16.9 Å². The summed E-state index contributed by atoms with van der Waals surface area (Å²) in [4.78, 5) is 24.8. The van der Waals surface area contributed by atoms with E-state index in [1.807, 2.05) is 0 Å². The van der Waals surface area contributed by atoms with E-state index < -0.39 is 0 Å². The van der Waals surface area contributed by atoms with Gasteiger partial charge in [0, 0.05) is 69.5 Å². The molecule has 1 fully saturated rings. The molecule has 3 aromatic carbocycles. The number of aromatic amines is 1. The number of imidazole rings is 1. The minimum Gasteiger partial charge on any atom is -0.372 e. The van der Waals surface area contributed by atoms with E-state index in [1.54, 1.807) is 12.4 Å². The van der Waals surface area contributed by atoms with Gasteiger partial charge < -0.3 is 14.8 Å². The number of piperazine rings is 1. The number of nitrogens with zero attached hydrogens (tertiary/aromatic N) is 6. The Morgan fingerprint density at radius 3 is 2.35 bits per heavy atom. The van der Waals surface area contributed by atoms with Crippen LogP contribution < -0.4 is 9.80 Å². The van der Waals surface area contributed by atoms with Gasteiger partial charge in [0.15, 0.2) is 0 Å². The molecule has 2 aromatic heterocycles. The Morgan fingerprint density at radius 1 is 0.838 bits per heavy atom. The first-order valence-electron chi connectivity index (χ1n) is 13.2. The first kappa shape index (κ1) is 23.4. The number of para-hydroxylation sites is 1. The van der Waals surface area contributed by atoms with E-state index in [4.69, 9.17) is 4.98 Å². The lowest BCUT2D eigenvalue weighted by Gasteiger charge is -2.36. The van der Waals surface area contributed by atoms with Crippen molar-refractivity contribution >= 4 is 33.4 Å². The van der Waals surface area contributed by atoms with Crippen LogP contribution in [0.2, 0.25) is 0 Å². The summed E-state index contributed by atoms with van der Waals surface area (Å²) in [6, 6.07) is 21.6. The quantitative estimate of drug-likeness (QED) is 0.332. The highest BCUT2D eigenvalue weighted by Gasteiger charge is 2.20. The van der Waals surface area contributed by atoms with Crippen LogP contribution in [0.3, 0.4) is 0 Å². The Bertz CT molecular complexity index is 1500. The lowest BCUT2D eigenvalue weighted by atomic mass is 10.1. The van der Waals surface area contributed by atoms with Crippen LogP contribution in [0, 0.1) is 0 Å². The van der Waals surface area contributed by atoms with Gasteiger partial charge in [-0.05, 0) is 67.9 Å². The molecule has 0 saturated carbocycles. The van der Waals surface area contributed by atoms with E-state index >= 15 is 0 Å². The van der Waals surface area contributed by atoms with E-state index in [-0.39, 0.29) is 0 Å². The van der Waals surface area contributed by atoms with Crippen LogP contribution >= 0.6 is 0 Å². The number of hydrogen-bond donors (Lipinski definition) is 1. The molecule has 1 aliphatic heterocycles. The fourth-order valence-corrected chi connectivity index (χ4v) is 5.34. The van der Waals surface area contributed by atoms with Gasteiger partial charge in [0.2, 0.25) is 0 Å². The van der Waals surface area contributed by atoms with Crippen LogP contribution in [0.1, 0.15) is 19.4 Å². The minimum atomic E-state index is 0.923. The molecule has 6 rings (SSSR count). The smallest absolute Gasteiger partial charge is 0.138 e. The number of anilines is 2. The highest BCUT2D eigenvalue weighted by molar-refractivity contribution is 5.91. The molecular weight excluding hydrogens is 458 g/mol. The normalized spacial score (nSPS) is 14.5.